The first-order valence-electron chi connectivity index (χ1n) is 9.72. The number of methoxy groups -OCH3 is 1. The number of nitrogens with one attached hydrogen (secondary N) is 2. The maximum atomic E-state index is 12.6. The quantitative estimate of drug-likeness (QED) is 0.645. The molecule has 0 unspecified atom stereocenters. The van der Waals surface area contributed by atoms with E-state index >= 15 is 0 Å². The highest BCUT2D eigenvalue weighted by atomic mass is 32.2. The van der Waals surface area contributed by atoms with E-state index in [0.29, 0.717) is 43.3 Å². The third-order valence-corrected chi connectivity index (χ3v) is 6.71. The molecule has 1 heterocycles. The zero-order chi connectivity index (χ0) is 22.4. The number of nitrogens with zero attached hydrogens (tertiary/aromatic N) is 1. The second kappa shape index (κ2) is 9.90. The first kappa shape index (κ1) is 22.7. The maximum Gasteiger partial charge on any atom is 0.313 e. The number of hydrogen-bond donors (Lipinski definition) is 2. The van der Waals surface area contributed by atoms with Crippen molar-refractivity contribution < 1.29 is 27.5 Å². The molecular weight excluding hydrogens is 422 g/mol. The Morgan fingerprint density at radius 1 is 1.06 bits per heavy atom. The minimum Gasteiger partial charge on any atom is -0.495 e. The molecule has 3 rings (SSSR count). The van der Waals surface area contributed by atoms with Gasteiger partial charge in [0, 0.05) is 19.6 Å². The Morgan fingerprint density at radius 2 is 1.74 bits per heavy atom. The normalized spacial score (nSPS) is 14.6. The van der Waals surface area contributed by atoms with E-state index < -0.39 is 21.8 Å². The summed E-state index contributed by atoms with van der Waals surface area (Å²) in [5.74, 6) is -1.19. The number of amides is 2. The van der Waals surface area contributed by atoms with Gasteiger partial charge in [-0.1, -0.05) is 18.2 Å². The summed E-state index contributed by atoms with van der Waals surface area (Å²) in [4.78, 5) is 24.5. The molecule has 0 aliphatic carbocycles. The van der Waals surface area contributed by atoms with Crippen LogP contribution >= 0.6 is 0 Å². The Balaban J connectivity index is 1.58. The van der Waals surface area contributed by atoms with Gasteiger partial charge in [-0.2, -0.15) is 4.31 Å². The molecule has 2 N–H and O–H groups in total. The number of aryl methyl sites for hydroxylation is 1. The van der Waals surface area contributed by atoms with E-state index in [1.807, 2.05) is 13.0 Å². The molecule has 2 aromatic rings. The molecule has 0 atom stereocenters. The van der Waals surface area contributed by atoms with E-state index in [2.05, 4.69) is 10.6 Å². The predicted octanol–water partition coefficient (Wildman–Crippen LogP) is 1.28. The molecular formula is C21H25N3O6S. The van der Waals surface area contributed by atoms with Crippen LogP contribution in [0.5, 0.6) is 5.75 Å². The van der Waals surface area contributed by atoms with E-state index in [0.717, 1.165) is 5.56 Å². The van der Waals surface area contributed by atoms with Crippen molar-refractivity contribution in [2.75, 3.05) is 38.7 Å². The van der Waals surface area contributed by atoms with Crippen LogP contribution in [0.2, 0.25) is 0 Å². The predicted molar refractivity (Wildman–Crippen MR) is 114 cm³/mol. The first-order chi connectivity index (χ1) is 14.8. The van der Waals surface area contributed by atoms with E-state index in [9.17, 15) is 18.0 Å². The summed E-state index contributed by atoms with van der Waals surface area (Å²) in [6.45, 7) is 3.33. The number of ether oxygens (including phenoxy) is 2. The Morgan fingerprint density at radius 3 is 2.39 bits per heavy atom. The van der Waals surface area contributed by atoms with Gasteiger partial charge < -0.3 is 20.1 Å². The van der Waals surface area contributed by atoms with Crippen molar-refractivity contribution >= 4 is 27.5 Å². The number of carbonyl (C=O) groups is 2. The van der Waals surface area contributed by atoms with Crippen LogP contribution in [0, 0.1) is 6.92 Å². The minimum absolute atomic E-state index is 0.0785. The average Bonchev–Trinajstić information content (AvgIpc) is 2.78. The summed E-state index contributed by atoms with van der Waals surface area (Å²) in [7, 11) is -2.10. The van der Waals surface area contributed by atoms with Crippen LogP contribution in [0.3, 0.4) is 0 Å². The summed E-state index contributed by atoms with van der Waals surface area (Å²) in [6.07, 6.45) is 0. The van der Waals surface area contributed by atoms with Crippen LogP contribution in [-0.2, 0) is 30.9 Å². The van der Waals surface area contributed by atoms with Gasteiger partial charge in [-0.25, -0.2) is 8.42 Å². The Labute approximate surface area is 181 Å². The van der Waals surface area contributed by atoms with E-state index in [4.69, 9.17) is 9.47 Å². The number of anilines is 1. The van der Waals surface area contributed by atoms with Crippen molar-refractivity contribution in [3.8, 4) is 5.75 Å². The smallest absolute Gasteiger partial charge is 0.313 e. The number of hydrogen-bond acceptors (Lipinski definition) is 6. The molecule has 9 nitrogen and oxygen atoms in total. The Bertz CT molecular complexity index is 1050. The van der Waals surface area contributed by atoms with E-state index in [1.165, 1.54) is 23.5 Å². The molecule has 2 amide bonds. The molecule has 1 fully saturated rings. The minimum atomic E-state index is -3.58. The largest absolute Gasteiger partial charge is 0.495 e. The number of rotatable bonds is 6. The molecule has 10 heteroatoms. The van der Waals surface area contributed by atoms with Gasteiger partial charge in [-0.15, -0.1) is 0 Å². The fourth-order valence-corrected chi connectivity index (χ4v) is 4.48. The standard InChI is InChI=1S/C21H25N3O6S/c1-15-3-8-19(29-2)18(13-15)23-21(26)20(25)22-14-16-4-6-17(7-5-16)31(27,28)24-9-11-30-12-10-24/h3-8,13H,9-12,14H2,1-2H3,(H,22,25)(H,23,26). The lowest BCUT2D eigenvalue weighted by atomic mass is 10.2. The molecule has 0 spiro atoms. The molecule has 1 saturated heterocycles. The molecule has 166 valence electrons. The van der Waals surface area contributed by atoms with Gasteiger partial charge in [0.2, 0.25) is 10.0 Å². The van der Waals surface area contributed by atoms with Gasteiger partial charge >= 0.3 is 11.8 Å². The molecule has 0 bridgehead atoms. The fourth-order valence-electron chi connectivity index (χ4n) is 3.08. The lowest BCUT2D eigenvalue weighted by Gasteiger charge is -2.26. The van der Waals surface area contributed by atoms with Gasteiger partial charge in [0.05, 0.1) is 30.9 Å². The summed E-state index contributed by atoms with van der Waals surface area (Å²) >= 11 is 0. The van der Waals surface area contributed by atoms with Crippen molar-refractivity contribution in [2.45, 2.75) is 18.4 Å². The molecule has 31 heavy (non-hydrogen) atoms. The first-order valence-corrected chi connectivity index (χ1v) is 11.2. The van der Waals surface area contributed by atoms with E-state index in [1.54, 1.807) is 24.3 Å². The second-order valence-electron chi connectivity index (χ2n) is 7.00. The fraction of sp³-hybridized carbons (Fsp3) is 0.333. The van der Waals surface area contributed by atoms with Crippen molar-refractivity contribution in [3.63, 3.8) is 0 Å². The van der Waals surface area contributed by atoms with Crippen LogP contribution in [0.15, 0.2) is 47.4 Å². The zero-order valence-electron chi connectivity index (χ0n) is 17.4. The Kier molecular flexibility index (Phi) is 7.26. The van der Waals surface area contributed by atoms with Crippen LogP contribution in [-0.4, -0.2) is 58.0 Å². The Hall–Kier alpha value is -2.95. The summed E-state index contributed by atoms with van der Waals surface area (Å²) < 4.78 is 37.0. The van der Waals surface area contributed by atoms with Gasteiger partial charge in [0.15, 0.2) is 0 Å². The third-order valence-electron chi connectivity index (χ3n) is 4.79. The van der Waals surface area contributed by atoms with Crippen molar-refractivity contribution in [2.24, 2.45) is 0 Å². The number of carbonyl (C=O) groups excluding carboxylic acids is 2. The summed E-state index contributed by atoms with van der Waals surface area (Å²) in [5.41, 5.74) is 1.97. The highest BCUT2D eigenvalue weighted by Gasteiger charge is 2.26. The highest BCUT2D eigenvalue weighted by Crippen LogP contribution is 2.25. The van der Waals surface area contributed by atoms with Gasteiger partial charge in [0.25, 0.3) is 0 Å². The summed E-state index contributed by atoms with van der Waals surface area (Å²) in [6, 6.07) is 11.4. The maximum absolute atomic E-state index is 12.6. The van der Waals surface area contributed by atoms with Crippen LogP contribution in [0.4, 0.5) is 5.69 Å². The molecule has 0 radical (unpaired) electrons. The van der Waals surface area contributed by atoms with Crippen LogP contribution in [0.1, 0.15) is 11.1 Å². The second-order valence-corrected chi connectivity index (χ2v) is 8.94. The monoisotopic (exact) mass is 447 g/mol. The molecule has 1 aliphatic rings. The van der Waals surface area contributed by atoms with Crippen molar-refractivity contribution in [3.05, 3.63) is 53.6 Å². The topological polar surface area (TPSA) is 114 Å². The number of benzene rings is 2. The SMILES string of the molecule is COc1ccc(C)cc1NC(=O)C(=O)NCc1ccc(S(=O)(=O)N2CCOCC2)cc1. The van der Waals surface area contributed by atoms with Crippen molar-refractivity contribution in [1.29, 1.82) is 0 Å². The van der Waals surface area contributed by atoms with Gasteiger partial charge in [0.1, 0.15) is 5.75 Å². The molecule has 0 saturated carbocycles. The highest BCUT2D eigenvalue weighted by molar-refractivity contribution is 7.89. The average molecular weight is 448 g/mol. The summed E-state index contributed by atoms with van der Waals surface area (Å²) in [5, 5.41) is 5.06. The van der Waals surface area contributed by atoms with Gasteiger partial charge in [-0.3, -0.25) is 9.59 Å². The lowest BCUT2D eigenvalue weighted by molar-refractivity contribution is -0.136. The van der Waals surface area contributed by atoms with E-state index in [-0.39, 0.29) is 11.4 Å². The third kappa shape index (κ3) is 5.60. The molecule has 1 aliphatic heterocycles. The van der Waals surface area contributed by atoms with Crippen LogP contribution in [0.25, 0.3) is 0 Å². The number of sulfonamides is 1. The molecule has 0 aromatic heterocycles. The zero-order valence-corrected chi connectivity index (χ0v) is 18.2. The number of morpholine rings is 1. The molecule has 2 aromatic carbocycles. The van der Waals surface area contributed by atoms with Gasteiger partial charge in [-0.05, 0) is 42.3 Å². The lowest BCUT2D eigenvalue weighted by Crippen LogP contribution is -2.40. The van der Waals surface area contributed by atoms with Crippen LogP contribution < -0.4 is 15.4 Å². The van der Waals surface area contributed by atoms with Crippen molar-refractivity contribution in [1.82, 2.24) is 9.62 Å².